The first-order chi connectivity index (χ1) is 10.8. The Morgan fingerprint density at radius 1 is 0.818 bits per heavy atom. The normalized spacial score (nSPS) is 11.0. The summed E-state index contributed by atoms with van der Waals surface area (Å²) < 4.78 is 1.61. The van der Waals surface area contributed by atoms with E-state index in [9.17, 15) is 0 Å². The fourth-order valence-corrected chi connectivity index (χ4v) is 2.19. The van der Waals surface area contributed by atoms with Crippen molar-refractivity contribution in [1.82, 2.24) is 34.8 Å². The lowest BCUT2D eigenvalue weighted by Gasteiger charge is -2.07. The topological polar surface area (TPSA) is 81.8 Å². The van der Waals surface area contributed by atoms with E-state index in [-0.39, 0.29) is 0 Å². The first kappa shape index (κ1) is 12.5. The maximum Gasteiger partial charge on any atom is 0.272 e. The van der Waals surface area contributed by atoms with Crippen LogP contribution in [0, 0.1) is 6.92 Å². The lowest BCUT2D eigenvalue weighted by Crippen LogP contribution is -2.04. The Balaban J connectivity index is 2.05. The van der Waals surface area contributed by atoms with Crippen molar-refractivity contribution in [2.24, 2.45) is 0 Å². The fourth-order valence-electron chi connectivity index (χ4n) is 2.19. The number of nitrogens with zero attached hydrogens (tertiary/aromatic N) is 7. The molecule has 7 heteroatoms. The van der Waals surface area contributed by atoms with Crippen LogP contribution in [0.5, 0.6) is 0 Å². The molecule has 0 aromatic carbocycles. The quantitative estimate of drug-likeness (QED) is 0.561. The Bertz CT molecular complexity index is 932. The number of hydrogen-bond acceptors (Lipinski definition) is 6. The summed E-state index contributed by atoms with van der Waals surface area (Å²) in [6, 6.07) is 11.3. The van der Waals surface area contributed by atoms with Gasteiger partial charge in [0.25, 0.3) is 5.78 Å². The molecule has 4 aromatic rings. The van der Waals surface area contributed by atoms with Gasteiger partial charge < -0.3 is 0 Å². The molecule has 22 heavy (non-hydrogen) atoms. The summed E-state index contributed by atoms with van der Waals surface area (Å²) in [7, 11) is 0. The summed E-state index contributed by atoms with van der Waals surface area (Å²) in [6.45, 7) is 1.83. The van der Waals surface area contributed by atoms with Crippen LogP contribution >= 0.6 is 0 Å². The maximum atomic E-state index is 4.61. The second-order valence-electron chi connectivity index (χ2n) is 4.70. The molecule has 0 saturated carbocycles. The van der Waals surface area contributed by atoms with Crippen LogP contribution in [0.4, 0.5) is 0 Å². The van der Waals surface area contributed by atoms with E-state index >= 15 is 0 Å². The summed E-state index contributed by atoms with van der Waals surface area (Å²) in [5.74, 6) is 1.12. The molecule has 0 spiro atoms. The number of hydrogen-bond donors (Lipinski definition) is 0. The summed E-state index contributed by atoms with van der Waals surface area (Å²) >= 11 is 0. The van der Waals surface area contributed by atoms with E-state index in [1.165, 1.54) is 0 Å². The standard InChI is InChI=1S/C15H11N7/c1-10-19-20-15-18-13(11-6-2-4-8-16-11)14(21-22(10)15)12-7-3-5-9-17-12/h2-9H,1H3. The van der Waals surface area contributed by atoms with E-state index in [0.717, 1.165) is 11.4 Å². The lowest BCUT2D eigenvalue weighted by atomic mass is 10.1. The Kier molecular flexibility index (Phi) is 2.82. The van der Waals surface area contributed by atoms with Gasteiger partial charge in [-0.2, -0.15) is 9.61 Å². The van der Waals surface area contributed by atoms with Gasteiger partial charge in [0, 0.05) is 12.4 Å². The summed E-state index contributed by atoms with van der Waals surface area (Å²) in [6.07, 6.45) is 3.45. The van der Waals surface area contributed by atoms with Crippen LogP contribution in [0.1, 0.15) is 5.82 Å². The second-order valence-corrected chi connectivity index (χ2v) is 4.70. The number of rotatable bonds is 2. The van der Waals surface area contributed by atoms with Crippen molar-refractivity contribution < 1.29 is 0 Å². The SMILES string of the molecule is Cc1nnc2nc(-c3ccccn3)c(-c3ccccn3)nn12. The molecule has 4 rings (SSSR count). The smallest absolute Gasteiger partial charge is 0.255 e. The van der Waals surface area contributed by atoms with Gasteiger partial charge in [0.2, 0.25) is 0 Å². The van der Waals surface area contributed by atoms with Gasteiger partial charge in [0.05, 0.1) is 11.4 Å². The molecule has 0 aliphatic carbocycles. The van der Waals surface area contributed by atoms with Crippen LogP contribution in [-0.2, 0) is 0 Å². The number of fused-ring (bicyclic) bond motifs is 1. The third-order valence-corrected chi connectivity index (χ3v) is 3.23. The highest BCUT2D eigenvalue weighted by Gasteiger charge is 2.16. The van der Waals surface area contributed by atoms with E-state index < -0.39 is 0 Å². The highest BCUT2D eigenvalue weighted by atomic mass is 15.4. The third kappa shape index (κ3) is 1.99. The minimum Gasteiger partial charge on any atom is -0.255 e. The number of pyridine rings is 2. The molecule has 0 aliphatic heterocycles. The van der Waals surface area contributed by atoms with E-state index in [2.05, 4.69) is 30.2 Å². The first-order valence-electron chi connectivity index (χ1n) is 6.76. The molecule has 0 atom stereocenters. The molecule has 0 N–H and O–H groups in total. The van der Waals surface area contributed by atoms with Gasteiger partial charge in [-0.3, -0.25) is 9.97 Å². The average Bonchev–Trinajstić information content (AvgIpc) is 2.96. The minimum absolute atomic E-state index is 0.442. The largest absolute Gasteiger partial charge is 0.272 e. The summed E-state index contributed by atoms with van der Waals surface area (Å²) in [5, 5.41) is 12.7. The van der Waals surface area contributed by atoms with Crippen molar-refractivity contribution in [2.75, 3.05) is 0 Å². The minimum atomic E-state index is 0.442. The second kappa shape index (κ2) is 4.96. The maximum absolute atomic E-state index is 4.61. The van der Waals surface area contributed by atoms with Gasteiger partial charge in [-0.15, -0.1) is 10.2 Å². The zero-order valence-electron chi connectivity index (χ0n) is 11.7. The summed E-state index contributed by atoms with van der Waals surface area (Å²) in [5.41, 5.74) is 2.73. The Hall–Kier alpha value is -3.22. The average molecular weight is 289 g/mol. The highest BCUT2D eigenvalue weighted by molar-refractivity contribution is 5.74. The van der Waals surface area contributed by atoms with Gasteiger partial charge in [-0.05, 0) is 31.2 Å². The van der Waals surface area contributed by atoms with Crippen molar-refractivity contribution >= 4 is 5.78 Å². The molecule has 4 aromatic heterocycles. The molecule has 7 nitrogen and oxygen atoms in total. The Morgan fingerprint density at radius 3 is 2.14 bits per heavy atom. The predicted molar refractivity (Wildman–Crippen MR) is 79.8 cm³/mol. The first-order valence-corrected chi connectivity index (χ1v) is 6.76. The monoisotopic (exact) mass is 289 g/mol. The van der Waals surface area contributed by atoms with E-state index in [0.29, 0.717) is 23.0 Å². The molecule has 0 radical (unpaired) electrons. The fraction of sp³-hybridized carbons (Fsp3) is 0.0667. The molecule has 0 amide bonds. The molecule has 0 saturated heterocycles. The Labute approximate surface area is 125 Å². The lowest BCUT2D eigenvalue weighted by molar-refractivity contribution is 0.861. The van der Waals surface area contributed by atoms with Gasteiger partial charge in [0.1, 0.15) is 11.4 Å². The molecule has 0 fully saturated rings. The molecule has 106 valence electrons. The van der Waals surface area contributed by atoms with E-state index in [1.807, 2.05) is 43.3 Å². The molecule has 0 bridgehead atoms. The molecule has 4 heterocycles. The van der Waals surface area contributed by atoms with Crippen LogP contribution in [0.2, 0.25) is 0 Å². The zero-order chi connectivity index (χ0) is 14.9. The van der Waals surface area contributed by atoms with Crippen LogP contribution in [0.15, 0.2) is 48.8 Å². The van der Waals surface area contributed by atoms with Gasteiger partial charge in [-0.25, -0.2) is 4.98 Å². The molecule has 0 unspecified atom stereocenters. The number of aryl methyl sites for hydroxylation is 1. The van der Waals surface area contributed by atoms with E-state index in [4.69, 9.17) is 0 Å². The van der Waals surface area contributed by atoms with Crippen molar-refractivity contribution in [3.05, 3.63) is 54.6 Å². The van der Waals surface area contributed by atoms with E-state index in [1.54, 1.807) is 16.9 Å². The van der Waals surface area contributed by atoms with Crippen LogP contribution < -0.4 is 0 Å². The van der Waals surface area contributed by atoms with Gasteiger partial charge >= 0.3 is 0 Å². The van der Waals surface area contributed by atoms with Crippen molar-refractivity contribution in [2.45, 2.75) is 6.92 Å². The van der Waals surface area contributed by atoms with Crippen molar-refractivity contribution in [1.29, 1.82) is 0 Å². The van der Waals surface area contributed by atoms with Crippen LogP contribution in [0.3, 0.4) is 0 Å². The van der Waals surface area contributed by atoms with Gasteiger partial charge in [0.15, 0.2) is 5.82 Å². The Morgan fingerprint density at radius 2 is 1.50 bits per heavy atom. The van der Waals surface area contributed by atoms with Crippen LogP contribution in [-0.4, -0.2) is 34.8 Å². The third-order valence-electron chi connectivity index (χ3n) is 3.23. The summed E-state index contributed by atoms with van der Waals surface area (Å²) in [4.78, 5) is 13.3. The number of aromatic nitrogens is 7. The van der Waals surface area contributed by atoms with Gasteiger partial charge in [-0.1, -0.05) is 12.1 Å². The molecule has 0 aliphatic rings. The molecular weight excluding hydrogens is 278 g/mol. The predicted octanol–water partition coefficient (Wildman–Crippen LogP) is 1.95. The molecular formula is C15H11N7. The zero-order valence-corrected chi connectivity index (χ0v) is 11.7. The van der Waals surface area contributed by atoms with Crippen LogP contribution in [0.25, 0.3) is 28.6 Å². The highest BCUT2D eigenvalue weighted by Crippen LogP contribution is 2.26. The van der Waals surface area contributed by atoms with Crippen molar-refractivity contribution in [3.8, 4) is 22.8 Å². The van der Waals surface area contributed by atoms with Crippen molar-refractivity contribution in [3.63, 3.8) is 0 Å².